The second-order valence-electron chi connectivity index (χ2n) is 3.88. The fourth-order valence-electron chi connectivity index (χ4n) is 1.39. The third-order valence-electron chi connectivity index (χ3n) is 2.41. The first-order valence-corrected chi connectivity index (χ1v) is 6.36. The molecule has 1 amide bonds. The second kappa shape index (κ2) is 7.95. The monoisotopic (exact) mass is 255 g/mol. The summed E-state index contributed by atoms with van der Waals surface area (Å²) in [5.41, 5.74) is 5.02. The molecular weight excluding hydrogens is 234 g/mol. The van der Waals surface area contributed by atoms with Gasteiger partial charge in [0.15, 0.2) is 0 Å². The highest BCUT2D eigenvalue weighted by Crippen LogP contribution is 2.31. The predicted molar refractivity (Wildman–Crippen MR) is 76.4 cm³/mol. The molecule has 4 nitrogen and oxygen atoms in total. The van der Waals surface area contributed by atoms with Gasteiger partial charge in [-0.3, -0.25) is 9.79 Å². The van der Waals surface area contributed by atoms with E-state index >= 15 is 0 Å². The Labute approximate surface area is 107 Å². The Kier molecular flexibility index (Phi) is 7.37. The molecule has 0 saturated heterocycles. The highest BCUT2D eigenvalue weighted by Gasteiger charge is 2.35. The molecule has 0 radical (unpaired) electrons. The first-order valence-electron chi connectivity index (χ1n) is 5.31. The van der Waals surface area contributed by atoms with Gasteiger partial charge in [0.25, 0.3) is 0 Å². The number of nitrogens with two attached hydrogens (primary N) is 1. The van der Waals surface area contributed by atoms with Gasteiger partial charge in [0.2, 0.25) is 5.91 Å². The summed E-state index contributed by atoms with van der Waals surface area (Å²) < 4.78 is 0. The van der Waals surface area contributed by atoms with Crippen LogP contribution in [0.25, 0.3) is 0 Å². The molecule has 0 aromatic carbocycles. The van der Waals surface area contributed by atoms with Gasteiger partial charge in [0.05, 0.1) is 11.6 Å². The Morgan fingerprint density at radius 3 is 2.71 bits per heavy atom. The standard InChI is InChI=1S/C12H21N3OS/c1-5-7-17-10(11(13)16)12(3,6-2)8-15-9-14-4/h5-6,9-10H,1-2,7-8H2,3-4H3,(H2,13,16)(H,14,15). The molecule has 0 spiro atoms. The lowest BCUT2D eigenvalue weighted by Crippen LogP contribution is -2.45. The van der Waals surface area contributed by atoms with E-state index < -0.39 is 5.41 Å². The molecule has 0 aliphatic heterocycles. The molecule has 2 atom stereocenters. The summed E-state index contributed by atoms with van der Waals surface area (Å²) in [7, 11) is 1.68. The molecule has 0 saturated carbocycles. The van der Waals surface area contributed by atoms with Crippen LogP contribution in [0.1, 0.15) is 6.92 Å². The van der Waals surface area contributed by atoms with Crippen LogP contribution in [-0.4, -0.2) is 36.8 Å². The molecule has 0 aromatic rings. The third kappa shape index (κ3) is 5.08. The van der Waals surface area contributed by atoms with Crippen molar-refractivity contribution in [3.63, 3.8) is 0 Å². The van der Waals surface area contributed by atoms with Crippen LogP contribution in [-0.2, 0) is 4.79 Å². The lowest BCUT2D eigenvalue weighted by atomic mass is 9.86. The number of amides is 1. The second-order valence-corrected chi connectivity index (χ2v) is 5.02. The van der Waals surface area contributed by atoms with E-state index in [1.54, 1.807) is 25.5 Å². The number of hydrogen-bond donors (Lipinski definition) is 2. The highest BCUT2D eigenvalue weighted by atomic mass is 32.2. The van der Waals surface area contributed by atoms with Gasteiger partial charge in [-0.1, -0.05) is 19.1 Å². The van der Waals surface area contributed by atoms with Crippen LogP contribution < -0.4 is 11.1 Å². The fraction of sp³-hybridized carbons (Fsp3) is 0.500. The van der Waals surface area contributed by atoms with Crippen LogP contribution in [0.3, 0.4) is 0 Å². The number of rotatable bonds is 9. The summed E-state index contributed by atoms with van der Waals surface area (Å²) >= 11 is 1.47. The van der Waals surface area contributed by atoms with Crippen LogP contribution >= 0.6 is 11.8 Å². The van der Waals surface area contributed by atoms with Crippen molar-refractivity contribution in [3.8, 4) is 0 Å². The number of carbonyl (C=O) groups is 1. The number of nitrogens with zero attached hydrogens (tertiary/aromatic N) is 1. The predicted octanol–water partition coefficient (Wildman–Crippen LogP) is 1.20. The maximum atomic E-state index is 11.5. The van der Waals surface area contributed by atoms with E-state index in [2.05, 4.69) is 23.5 Å². The first kappa shape index (κ1) is 15.8. The Balaban J connectivity index is 4.77. The zero-order valence-corrected chi connectivity index (χ0v) is 11.3. The van der Waals surface area contributed by atoms with Crippen molar-refractivity contribution in [3.05, 3.63) is 25.3 Å². The van der Waals surface area contributed by atoms with Crippen LogP contribution in [0.15, 0.2) is 30.3 Å². The van der Waals surface area contributed by atoms with Gasteiger partial charge in [-0.25, -0.2) is 0 Å². The van der Waals surface area contributed by atoms with E-state index in [0.29, 0.717) is 12.3 Å². The Morgan fingerprint density at radius 2 is 2.29 bits per heavy atom. The van der Waals surface area contributed by atoms with E-state index in [0.717, 1.165) is 0 Å². The van der Waals surface area contributed by atoms with Gasteiger partial charge in [-0.05, 0) is 0 Å². The Hall–Kier alpha value is -1.23. The van der Waals surface area contributed by atoms with Crippen molar-refractivity contribution in [2.24, 2.45) is 16.1 Å². The summed E-state index contributed by atoms with van der Waals surface area (Å²) in [5, 5.41) is 2.69. The van der Waals surface area contributed by atoms with Crippen molar-refractivity contribution in [2.45, 2.75) is 12.2 Å². The van der Waals surface area contributed by atoms with Gasteiger partial charge in [0.1, 0.15) is 0 Å². The molecule has 3 N–H and O–H groups in total. The minimum Gasteiger partial charge on any atom is -0.376 e. The maximum Gasteiger partial charge on any atom is 0.231 e. The summed E-state index contributed by atoms with van der Waals surface area (Å²) in [5.74, 6) is 0.341. The number of aliphatic imine (C=N–C) groups is 1. The minimum atomic E-state index is -0.416. The summed E-state index contributed by atoms with van der Waals surface area (Å²) in [6.45, 7) is 9.94. The molecule has 0 aliphatic rings. The number of thioether (sulfide) groups is 1. The van der Waals surface area contributed by atoms with Gasteiger partial charge >= 0.3 is 0 Å². The summed E-state index contributed by atoms with van der Waals surface area (Å²) in [6.07, 6.45) is 5.11. The Morgan fingerprint density at radius 1 is 1.65 bits per heavy atom. The molecule has 0 rings (SSSR count). The van der Waals surface area contributed by atoms with Crippen LogP contribution in [0.2, 0.25) is 0 Å². The van der Waals surface area contributed by atoms with Crippen molar-refractivity contribution in [2.75, 3.05) is 19.3 Å². The normalized spacial score (nSPS) is 16.1. The molecular formula is C12H21N3OS. The minimum absolute atomic E-state index is 0.337. The molecule has 0 heterocycles. The molecule has 17 heavy (non-hydrogen) atoms. The smallest absolute Gasteiger partial charge is 0.231 e. The molecule has 0 aromatic heterocycles. The average Bonchev–Trinajstić information content (AvgIpc) is 2.29. The maximum absolute atomic E-state index is 11.5. The number of hydrogen-bond acceptors (Lipinski definition) is 3. The summed E-state index contributed by atoms with van der Waals surface area (Å²) in [6, 6.07) is 0. The lowest BCUT2D eigenvalue weighted by Gasteiger charge is -2.32. The molecule has 0 fully saturated rings. The molecule has 0 bridgehead atoms. The van der Waals surface area contributed by atoms with E-state index in [1.807, 2.05) is 6.92 Å². The first-order chi connectivity index (χ1) is 8.01. The van der Waals surface area contributed by atoms with Crippen LogP contribution in [0.5, 0.6) is 0 Å². The number of nitrogens with one attached hydrogen (secondary N) is 1. The van der Waals surface area contributed by atoms with E-state index in [4.69, 9.17) is 5.73 Å². The average molecular weight is 255 g/mol. The molecule has 5 heteroatoms. The molecule has 96 valence electrons. The van der Waals surface area contributed by atoms with Gasteiger partial charge in [0, 0.05) is 24.8 Å². The van der Waals surface area contributed by atoms with Gasteiger partial charge in [-0.15, -0.1) is 24.9 Å². The SMILES string of the molecule is C=CCSC(C(N)=O)C(C)(C=C)CNC=NC. The summed E-state index contributed by atoms with van der Waals surface area (Å²) in [4.78, 5) is 15.3. The molecule has 2 unspecified atom stereocenters. The van der Waals surface area contributed by atoms with E-state index in [-0.39, 0.29) is 11.2 Å². The zero-order chi connectivity index (χ0) is 13.3. The van der Waals surface area contributed by atoms with Gasteiger partial charge in [-0.2, -0.15) is 0 Å². The number of primary amides is 1. The van der Waals surface area contributed by atoms with Crippen molar-refractivity contribution >= 4 is 24.0 Å². The number of carbonyl (C=O) groups excluding carboxylic acids is 1. The van der Waals surface area contributed by atoms with E-state index in [1.165, 1.54) is 11.8 Å². The highest BCUT2D eigenvalue weighted by molar-refractivity contribution is 8.00. The van der Waals surface area contributed by atoms with Crippen LogP contribution in [0, 0.1) is 5.41 Å². The molecule has 0 aliphatic carbocycles. The zero-order valence-electron chi connectivity index (χ0n) is 10.5. The van der Waals surface area contributed by atoms with E-state index in [9.17, 15) is 4.79 Å². The largest absolute Gasteiger partial charge is 0.376 e. The van der Waals surface area contributed by atoms with Crippen molar-refractivity contribution in [1.82, 2.24) is 5.32 Å². The van der Waals surface area contributed by atoms with Crippen LogP contribution in [0.4, 0.5) is 0 Å². The Bertz CT molecular complexity index is 304. The van der Waals surface area contributed by atoms with Crippen molar-refractivity contribution in [1.29, 1.82) is 0 Å². The topological polar surface area (TPSA) is 67.5 Å². The van der Waals surface area contributed by atoms with Crippen molar-refractivity contribution < 1.29 is 4.79 Å². The third-order valence-corrected chi connectivity index (χ3v) is 3.94. The fourth-order valence-corrected chi connectivity index (χ4v) is 2.44. The van der Waals surface area contributed by atoms with Gasteiger partial charge < -0.3 is 11.1 Å². The quantitative estimate of drug-likeness (QED) is 0.369. The lowest BCUT2D eigenvalue weighted by molar-refractivity contribution is -0.118.